The quantitative estimate of drug-likeness (QED) is 0.581. The average molecular weight is 413 g/mol. The van der Waals surface area contributed by atoms with Crippen molar-refractivity contribution in [3.05, 3.63) is 41.3 Å². The molecule has 3 rings (SSSR count). The van der Waals surface area contributed by atoms with Gasteiger partial charge in [-0.1, -0.05) is 26.8 Å². The molecule has 1 saturated heterocycles. The van der Waals surface area contributed by atoms with Crippen LogP contribution in [-0.2, 0) is 11.3 Å². The van der Waals surface area contributed by atoms with Crippen LogP contribution in [0.15, 0.2) is 29.4 Å². The minimum atomic E-state index is 0.141. The minimum Gasteiger partial charge on any atom is -0.377 e. The summed E-state index contributed by atoms with van der Waals surface area (Å²) < 4.78 is 7.96. The highest BCUT2D eigenvalue weighted by Crippen LogP contribution is 2.33. The molecule has 0 saturated carbocycles. The number of pyridine rings is 1. The van der Waals surface area contributed by atoms with E-state index in [9.17, 15) is 0 Å². The smallest absolute Gasteiger partial charge is 0.191 e. The zero-order valence-corrected chi connectivity index (χ0v) is 19.2. The number of aryl methyl sites for hydroxylation is 2. The molecule has 0 spiro atoms. The molecule has 0 amide bonds. The van der Waals surface area contributed by atoms with Crippen molar-refractivity contribution < 1.29 is 4.74 Å². The van der Waals surface area contributed by atoms with Gasteiger partial charge in [0, 0.05) is 44.6 Å². The van der Waals surface area contributed by atoms with Gasteiger partial charge in [0.05, 0.1) is 11.8 Å². The molecule has 2 aromatic heterocycles. The maximum atomic E-state index is 6.09. The summed E-state index contributed by atoms with van der Waals surface area (Å²) in [5, 5.41) is 11.4. The van der Waals surface area contributed by atoms with E-state index in [2.05, 4.69) is 52.5 Å². The van der Waals surface area contributed by atoms with Crippen molar-refractivity contribution in [1.29, 1.82) is 0 Å². The predicted octanol–water partition coefficient (Wildman–Crippen LogP) is 3.39. The largest absolute Gasteiger partial charge is 0.377 e. The molecule has 7 heteroatoms. The van der Waals surface area contributed by atoms with E-state index in [0.717, 1.165) is 48.3 Å². The first-order chi connectivity index (χ1) is 14.3. The van der Waals surface area contributed by atoms with Gasteiger partial charge in [-0.05, 0) is 49.8 Å². The summed E-state index contributed by atoms with van der Waals surface area (Å²) in [5.41, 5.74) is 3.31. The van der Waals surface area contributed by atoms with Crippen LogP contribution in [0.5, 0.6) is 0 Å². The summed E-state index contributed by atoms with van der Waals surface area (Å²) in [7, 11) is 1.80. The van der Waals surface area contributed by atoms with Gasteiger partial charge in [-0.2, -0.15) is 5.10 Å². The number of aromatic nitrogens is 3. The number of hydrogen-bond donors (Lipinski definition) is 2. The lowest BCUT2D eigenvalue weighted by Gasteiger charge is -2.40. The monoisotopic (exact) mass is 412 g/mol. The molecule has 30 heavy (non-hydrogen) atoms. The van der Waals surface area contributed by atoms with E-state index in [1.165, 1.54) is 6.42 Å². The number of guanidine groups is 1. The van der Waals surface area contributed by atoms with Gasteiger partial charge in [-0.3, -0.25) is 4.99 Å². The molecule has 2 unspecified atom stereocenters. The highest BCUT2D eigenvalue weighted by Gasteiger charge is 2.35. The number of aliphatic imine (C=N–C) groups is 1. The second-order valence-corrected chi connectivity index (χ2v) is 9.23. The van der Waals surface area contributed by atoms with Crippen molar-refractivity contribution in [2.45, 2.75) is 60.1 Å². The molecular formula is C23H36N6O. The SMILES string of the molecule is CN=C(NCc1ccc(-n2nc(C)cc2C)nc1)NCC1CCCOC1C(C)(C)C. The molecule has 0 aliphatic carbocycles. The number of hydrogen-bond acceptors (Lipinski definition) is 4. The Morgan fingerprint density at radius 2 is 2.07 bits per heavy atom. The summed E-state index contributed by atoms with van der Waals surface area (Å²) in [6, 6.07) is 6.12. The highest BCUT2D eigenvalue weighted by molar-refractivity contribution is 5.79. The number of nitrogens with zero attached hydrogens (tertiary/aromatic N) is 4. The summed E-state index contributed by atoms with van der Waals surface area (Å²) in [4.78, 5) is 8.94. The van der Waals surface area contributed by atoms with Crippen molar-refractivity contribution >= 4 is 5.96 Å². The first kappa shape index (κ1) is 22.3. The minimum absolute atomic E-state index is 0.141. The Hall–Kier alpha value is -2.41. The highest BCUT2D eigenvalue weighted by atomic mass is 16.5. The van der Waals surface area contributed by atoms with Crippen molar-refractivity contribution in [2.75, 3.05) is 20.2 Å². The van der Waals surface area contributed by atoms with Gasteiger partial charge >= 0.3 is 0 Å². The molecular weight excluding hydrogens is 376 g/mol. The lowest BCUT2D eigenvalue weighted by Crippen LogP contribution is -2.47. The van der Waals surface area contributed by atoms with E-state index >= 15 is 0 Å². The van der Waals surface area contributed by atoms with Gasteiger partial charge in [0.25, 0.3) is 0 Å². The van der Waals surface area contributed by atoms with E-state index < -0.39 is 0 Å². The van der Waals surface area contributed by atoms with Crippen LogP contribution in [0.4, 0.5) is 0 Å². The van der Waals surface area contributed by atoms with Crippen LogP contribution >= 0.6 is 0 Å². The molecule has 164 valence electrons. The van der Waals surface area contributed by atoms with Gasteiger partial charge < -0.3 is 15.4 Å². The molecule has 0 aromatic carbocycles. The summed E-state index contributed by atoms with van der Waals surface area (Å²) in [5.74, 6) is 2.12. The first-order valence-electron chi connectivity index (χ1n) is 10.8. The van der Waals surface area contributed by atoms with E-state index in [-0.39, 0.29) is 11.5 Å². The van der Waals surface area contributed by atoms with Crippen molar-refractivity contribution in [3.8, 4) is 5.82 Å². The number of nitrogens with one attached hydrogen (secondary N) is 2. The molecule has 1 aliphatic heterocycles. The second-order valence-electron chi connectivity index (χ2n) is 9.23. The zero-order valence-electron chi connectivity index (χ0n) is 19.2. The van der Waals surface area contributed by atoms with Crippen LogP contribution in [0.3, 0.4) is 0 Å². The maximum absolute atomic E-state index is 6.09. The van der Waals surface area contributed by atoms with Gasteiger partial charge in [0.2, 0.25) is 0 Å². The van der Waals surface area contributed by atoms with Crippen LogP contribution in [0.1, 0.15) is 50.6 Å². The third-order valence-corrected chi connectivity index (χ3v) is 5.55. The van der Waals surface area contributed by atoms with Crippen molar-refractivity contribution in [1.82, 2.24) is 25.4 Å². The fraction of sp³-hybridized carbons (Fsp3) is 0.609. The molecule has 1 aliphatic rings. The van der Waals surface area contributed by atoms with Crippen LogP contribution in [0.25, 0.3) is 5.82 Å². The molecule has 7 nitrogen and oxygen atoms in total. The van der Waals surface area contributed by atoms with Gasteiger partial charge in [-0.15, -0.1) is 0 Å². The summed E-state index contributed by atoms with van der Waals surface area (Å²) in [6.45, 7) is 13.2. The molecule has 2 atom stereocenters. The standard InChI is InChI=1S/C23H36N6O/c1-16-12-17(2)29(28-16)20-10-9-18(13-25-20)14-26-22(24-6)27-15-19-8-7-11-30-21(19)23(3,4)5/h9-10,12-13,19,21H,7-8,11,14-15H2,1-6H3,(H2,24,26,27). The summed E-state index contributed by atoms with van der Waals surface area (Å²) in [6.07, 6.45) is 4.46. The molecule has 1 fully saturated rings. The van der Waals surface area contributed by atoms with E-state index in [1.807, 2.05) is 36.9 Å². The third-order valence-electron chi connectivity index (χ3n) is 5.55. The Balaban J connectivity index is 1.53. The van der Waals surface area contributed by atoms with Crippen LogP contribution in [0, 0.1) is 25.2 Å². The van der Waals surface area contributed by atoms with Gasteiger partial charge in [-0.25, -0.2) is 9.67 Å². The summed E-state index contributed by atoms with van der Waals surface area (Å²) >= 11 is 0. The fourth-order valence-corrected chi connectivity index (χ4v) is 4.15. The number of rotatable bonds is 5. The Morgan fingerprint density at radius 3 is 2.67 bits per heavy atom. The van der Waals surface area contributed by atoms with Crippen LogP contribution in [0.2, 0.25) is 0 Å². The lowest BCUT2D eigenvalue weighted by atomic mass is 9.78. The van der Waals surface area contributed by atoms with Crippen LogP contribution < -0.4 is 10.6 Å². The predicted molar refractivity (Wildman–Crippen MR) is 121 cm³/mol. The second kappa shape index (κ2) is 9.60. The molecule has 2 N–H and O–H groups in total. The van der Waals surface area contributed by atoms with E-state index in [0.29, 0.717) is 12.5 Å². The molecule has 0 radical (unpaired) electrons. The lowest BCUT2D eigenvalue weighted by molar-refractivity contribution is -0.0835. The topological polar surface area (TPSA) is 76.4 Å². The van der Waals surface area contributed by atoms with Gasteiger partial charge in [0.1, 0.15) is 0 Å². The number of ether oxygens (including phenoxy) is 1. The Bertz CT molecular complexity index is 850. The Labute approximate surface area is 180 Å². The molecule has 2 aromatic rings. The Kier molecular flexibility index (Phi) is 7.13. The van der Waals surface area contributed by atoms with Crippen LogP contribution in [-0.4, -0.2) is 47.0 Å². The normalized spacial score (nSPS) is 20.3. The van der Waals surface area contributed by atoms with E-state index in [4.69, 9.17) is 4.74 Å². The van der Waals surface area contributed by atoms with Gasteiger partial charge in [0.15, 0.2) is 11.8 Å². The van der Waals surface area contributed by atoms with E-state index in [1.54, 1.807) is 7.05 Å². The van der Waals surface area contributed by atoms with Crippen molar-refractivity contribution in [3.63, 3.8) is 0 Å². The molecule has 0 bridgehead atoms. The average Bonchev–Trinajstić information content (AvgIpc) is 3.06. The zero-order chi connectivity index (χ0) is 21.7. The third kappa shape index (κ3) is 5.59. The fourth-order valence-electron chi connectivity index (χ4n) is 4.15. The first-order valence-corrected chi connectivity index (χ1v) is 10.8. The Morgan fingerprint density at radius 1 is 1.27 bits per heavy atom. The maximum Gasteiger partial charge on any atom is 0.191 e. The molecule has 3 heterocycles. The van der Waals surface area contributed by atoms with Crippen molar-refractivity contribution in [2.24, 2.45) is 16.3 Å².